The van der Waals surface area contributed by atoms with Crippen molar-refractivity contribution in [2.75, 3.05) is 17.7 Å². The van der Waals surface area contributed by atoms with Gasteiger partial charge >= 0.3 is 5.97 Å². The van der Waals surface area contributed by atoms with Crippen molar-refractivity contribution in [2.45, 2.75) is 0 Å². The number of ether oxygens (including phenoxy) is 1. The monoisotopic (exact) mass is 326 g/mol. The van der Waals surface area contributed by atoms with Gasteiger partial charge in [-0.25, -0.2) is 9.78 Å². The summed E-state index contributed by atoms with van der Waals surface area (Å²) in [5.74, 6) is -0.462. The summed E-state index contributed by atoms with van der Waals surface area (Å²) in [5.41, 5.74) is 7.67. The molecule has 122 valence electrons. The maximum absolute atomic E-state index is 10.8. The number of carboxylic acids is 1. The molecule has 8 nitrogen and oxygen atoms in total. The number of hydrogen-bond donors (Lipinski definition) is 3. The number of amides is 1. The van der Waals surface area contributed by atoms with E-state index in [4.69, 9.17) is 15.6 Å². The molecular formula is C16H14N4O4. The van der Waals surface area contributed by atoms with Crippen LogP contribution in [-0.4, -0.2) is 33.0 Å². The fraction of sp³-hybridized carbons (Fsp3) is 0.0625. The number of rotatable bonds is 1. The largest absolute Gasteiger partial charge is 0.482 e. The maximum atomic E-state index is 10.8. The number of carboxylic acid groups (broad SMARTS) is 1. The molecule has 0 bridgehead atoms. The summed E-state index contributed by atoms with van der Waals surface area (Å²) in [4.78, 5) is 25.4. The third-order valence-corrected chi connectivity index (χ3v) is 3.27. The Hall–Kier alpha value is -3.55. The molecule has 0 radical (unpaired) electrons. The zero-order chi connectivity index (χ0) is 17.1. The second-order valence-corrected chi connectivity index (χ2v) is 4.97. The minimum Gasteiger partial charge on any atom is -0.482 e. The van der Waals surface area contributed by atoms with Gasteiger partial charge in [-0.15, -0.1) is 0 Å². The number of carbonyl (C=O) groups excluding carboxylic acids is 1. The first-order chi connectivity index (χ1) is 11.5. The first kappa shape index (κ1) is 15.3. The normalized spacial score (nSPS) is 12.4. The van der Waals surface area contributed by atoms with Crippen LogP contribution in [0.15, 0.2) is 48.8 Å². The van der Waals surface area contributed by atoms with E-state index in [1.165, 1.54) is 10.6 Å². The molecule has 2 aromatic heterocycles. The zero-order valence-corrected chi connectivity index (χ0v) is 12.5. The number of benzene rings is 1. The highest BCUT2D eigenvalue weighted by atomic mass is 16.5. The number of nitrogens with zero attached hydrogens (tertiary/aromatic N) is 2. The summed E-state index contributed by atoms with van der Waals surface area (Å²) in [5, 5.41) is 11.4. The fourth-order valence-electron chi connectivity index (χ4n) is 2.18. The SMILES string of the molecule is Nc1ccc2c(c1)OCC(=O)N2.O=C(O)c1cnc2ccccn12. The van der Waals surface area contributed by atoms with E-state index < -0.39 is 5.97 Å². The molecule has 8 heteroatoms. The van der Waals surface area contributed by atoms with Crippen molar-refractivity contribution in [1.82, 2.24) is 9.38 Å². The summed E-state index contributed by atoms with van der Waals surface area (Å²) in [6.45, 7) is 0.0659. The van der Waals surface area contributed by atoms with Gasteiger partial charge in [0.25, 0.3) is 5.91 Å². The van der Waals surface area contributed by atoms with Crippen LogP contribution in [0, 0.1) is 0 Å². The number of imidazole rings is 1. The van der Waals surface area contributed by atoms with Crippen molar-refractivity contribution in [3.8, 4) is 5.75 Å². The van der Waals surface area contributed by atoms with Crippen molar-refractivity contribution >= 4 is 28.9 Å². The van der Waals surface area contributed by atoms with E-state index in [0.29, 0.717) is 22.8 Å². The number of carbonyl (C=O) groups is 2. The molecule has 0 aliphatic carbocycles. The van der Waals surface area contributed by atoms with Gasteiger partial charge in [0.2, 0.25) is 0 Å². The number of pyridine rings is 1. The van der Waals surface area contributed by atoms with Crippen molar-refractivity contribution < 1.29 is 19.4 Å². The van der Waals surface area contributed by atoms with Gasteiger partial charge in [-0.3, -0.25) is 9.20 Å². The predicted molar refractivity (Wildman–Crippen MR) is 87.1 cm³/mol. The summed E-state index contributed by atoms with van der Waals surface area (Å²) < 4.78 is 6.65. The molecule has 0 spiro atoms. The molecule has 0 fully saturated rings. The average molecular weight is 326 g/mol. The number of fused-ring (bicyclic) bond motifs is 2. The van der Waals surface area contributed by atoms with Crippen LogP contribution < -0.4 is 15.8 Å². The smallest absolute Gasteiger partial charge is 0.354 e. The van der Waals surface area contributed by atoms with Crippen LogP contribution in [0.3, 0.4) is 0 Å². The average Bonchev–Trinajstić information content (AvgIpc) is 3.00. The van der Waals surface area contributed by atoms with E-state index in [0.717, 1.165) is 0 Å². The molecule has 1 amide bonds. The van der Waals surface area contributed by atoms with Gasteiger partial charge in [0.15, 0.2) is 12.3 Å². The predicted octanol–water partition coefficient (Wildman–Crippen LogP) is 1.63. The minimum absolute atomic E-state index is 0.0659. The molecule has 24 heavy (non-hydrogen) atoms. The molecule has 0 saturated carbocycles. The zero-order valence-electron chi connectivity index (χ0n) is 12.5. The standard InChI is InChI=1S/C8H8N2O2.C8H6N2O2/c9-5-1-2-6-7(3-5)12-4-8(11)10-6;11-8(12)6-5-9-7-3-1-2-4-10(6)7/h1-3H,4,9H2,(H,10,11);1-5H,(H,11,12). The van der Waals surface area contributed by atoms with Gasteiger partial charge in [-0.05, 0) is 24.3 Å². The molecular weight excluding hydrogens is 312 g/mol. The van der Waals surface area contributed by atoms with Crippen molar-refractivity contribution in [3.05, 3.63) is 54.5 Å². The molecule has 1 aromatic carbocycles. The Bertz CT molecular complexity index is 919. The first-order valence-corrected chi connectivity index (χ1v) is 7.02. The minimum atomic E-state index is -0.964. The van der Waals surface area contributed by atoms with Crippen molar-refractivity contribution in [3.63, 3.8) is 0 Å². The highest BCUT2D eigenvalue weighted by Gasteiger charge is 2.14. The lowest BCUT2D eigenvalue weighted by Gasteiger charge is -2.17. The lowest BCUT2D eigenvalue weighted by Crippen LogP contribution is -2.25. The Balaban J connectivity index is 0.000000141. The third kappa shape index (κ3) is 3.12. The highest BCUT2D eigenvalue weighted by molar-refractivity contribution is 5.95. The van der Waals surface area contributed by atoms with Gasteiger partial charge in [-0.1, -0.05) is 6.07 Å². The number of nitrogens with two attached hydrogens (primary N) is 1. The molecule has 0 unspecified atom stereocenters. The molecule has 0 saturated heterocycles. The van der Waals surface area contributed by atoms with Crippen molar-refractivity contribution in [2.24, 2.45) is 0 Å². The van der Waals surface area contributed by atoms with E-state index in [1.54, 1.807) is 36.5 Å². The van der Waals surface area contributed by atoms with E-state index in [1.807, 2.05) is 6.07 Å². The molecule has 0 atom stereocenters. The quantitative estimate of drug-likeness (QED) is 0.585. The number of nitrogen functional groups attached to an aromatic ring is 1. The topological polar surface area (TPSA) is 119 Å². The van der Waals surface area contributed by atoms with Gasteiger partial charge in [0.05, 0.1) is 11.9 Å². The van der Waals surface area contributed by atoms with Crippen LogP contribution in [0.1, 0.15) is 10.5 Å². The number of nitrogens with one attached hydrogen (secondary N) is 1. The van der Waals surface area contributed by atoms with Gasteiger partial charge < -0.3 is 20.9 Å². The Labute approximate surface area is 136 Å². The summed E-state index contributed by atoms with van der Waals surface area (Å²) in [6, 6.07) is 10.5. The lowest BCUT2D eigenvalue weighted by atomic mass is 10.2. The molecule has 4 rings (SSSR count). The highest BCUT2D eigenvalue weighted by Crippen LogP contribution is 2.29. The summed E-state index contributed by atoms with van der Waals surface area (Å²) in [6.07, 6.45) is 3.02. The summed E-state index contributed by atoms with van der Waals surface area (Å²) in [7, 11) is 0. The van der Waals surface area contributed by atoms with Gasteiger partial charge in [-0.2, -0.15) is 0 Å². The first-order valence-electron chi connectivity index (χ1n) is 7.02. The summed E-state index contributed by atoms with van der Waals surface area (Å²) >= 11 is 0. The number of aromatic carboxylic acids is 1. The second-order valence-electron chi connectivity index (χ2n) is 4.97. The molecule has 4 N–H and O–H groups in total. The van der Waals surface area contributed by atoms with E-state index in [9.17, 15) is 9.59 Å². The molecule has 3 aromatic rings. The van der Waals surface area contributed by atoms with Crippen LogP contribution in [0.2, 0.25) is 0 Å². The van der Waals surface area contributed by atoms with E-state index in [-0.39, 0.29) is 18.2 Å². The van der Waals surface area contributed by atoms with Crippen LogP contribution in [-0.2, 0) is 4.79 Å². The fourth-order valence-corrected chi connectivity index (χ4v) is 2.18. The third-order valence-electron chi connectivity index (χ3n) is 3.27. The van der Waals surface area contributed by atoms with E-state index >= 15 is 0 Å². The lowest BCUT2D eigenvalue weighted by molar-refractivity contribution is -0.118. The van der Waals surface area contributed by atoms with Crippen LogP contribution in [0.4, 0.5) is 11.4 Å². The van der Waals surface area contributed by atoms with Gasteiger partial charge in [0.1, 0.15) is 11.4 Å². The Kier molecular flexibility index (Phi) is 4.02. The Morgan fingerprint density at radius 2 is 2.17 bits per heavy atom. The Morgan fingerprint density at radius 1 is 1.33 bits per heavy atom. The van der Waals surface area contributed by atoms with Crippen molar-refractivity contribution in [1.29, 1.82) is 0 Å². The van der Waals surface area contributed by atoms with Crippen LogP contribution in [0.5, 0.6) is 5.75 Å². The number of aromatic nitrogens is 2. The van der Waals surface area contributed by atoms with E-state index in [2.05, 4.69) is 10.3 Å². The van der Waals surface area contributed by atoms with Crippen LogP contribution >= 0.6 is 0 Å². The molecule has 1 aliphatic rings. The molecule has 1 aliphatic heterocycles. The van der Waals surface area contributed by atoms with Gasteiger partial charge in [0, 0.05) is 18.0 Å². The Morgan fingerprint density at radius 3 is 2.96 bits per heavy atom. The van der Waals surface area contributed by atoms with Crippen LogP contribution in [0.25, 0.3) is 5.65 Å². The molecule has 3 heterocycles. The second kappa shape index (κ2) is 6.29. The maximum Gasteiger partial charge on any atom is 0.354 e. The number of anilines is 2. The number of hydrogen-bond acceptors (Lipinski definition) is 5.